The van der Waals surface area contributed by atoms with E-state index >= 15 is 0 Å². The fourth-order valence-electron chi connectivity index (χ4n) is 1.84. The number of hydrogen-bond donors (Lipinski definition) is 2. The summed E-state index contributed by atoms with van der Waals surface area (Å²) in [7, 11) is 1.69. The van der Waals surface area contributed by atoms with Crippen molar-refractivity contribution in [3.8, 4) is 5.75 Å². The van der Waals surface area contributed by atoms with Crippen LogP contribution in [0.3, 0.4) is 0 Å². The summed E-state index contributed by atoms with van der Waals surface area (Å²) in [5, 5.41) is 11.6. The van der Waals surface area contributed by atoms with Gasteiger partial charge in [-0.25, -0.2) is 4.79 Å². The van der Waals surface area contributed by atoms with Crippen molar-refractivity contribution in [2.45, 2.75) is 19.8 Å². The van der Waals surface area contributed by atoms with Crippen molar-refractivity contribution in [2.24, 2.45) is 0 Å². The van der Waals surface area contributed by atoms with E-state index in [9.17, 15) is 4.79 Å². The van der Waals surface area contributed by atoms with Gasteiger partial charge in [-0.05, 0) is 36.6 Å². The zero-order chi connectivity index (χ0) is 14.1. The number of nitrogens with one attached hydrogen (secondary N) is 1. The van der Waals surface area contributed by atoms with Crippen LogP contribution in [0, 0.1) is 0 Å². The lowest BCUT2D eigenvalue weighted by Gasteiger charge is -2.09. The average molecular weight is 263 g/mol. The van der Waals surface area contributed by atoms with E-state index in [1.807, 2.05) is 6.07 Å². The van der Waals surface area contributed by atoms with Crippen LogP contribution in [0.4, 0.5) is 0 Å². The van der Waals surface area contributed by atoms with Crippen molar-refractivity contribution < 1.29 is 14.6 Å². The van der Waals surface area contributed by atoms with Crippen LogP contribution in [0.2, 0.25) is 0 Å². The quantitative estimate of drug-likeness (QED) is 0.556. The molecule has 0 aliphatic carbocycles. The fourth-order valence-corrected chi connectivity index (χ4v) is 1.84. The summed E-state index contributed by atoms with van der Waals surface area (Å²) in [5.74, 6) is 0.0214. The Morgan fingerprint density at radius 2 is 2.26 bits per heavy atom. The van der Waals surface area contributed by atoms with E-state index in [4.69, 9.17) is 9.84 Å². The molecule has 1 aromatic rings. The van der Waals surface area contributed by atoms with Crippen LogP contribution >= 0.6 is 0 Å². The molecule has 0 aliphatic heterocycles. The van der Waals surface area contributed by atoms with E-state index in [1.54, 1.807) is 13.2 Å². The summed E-state index contributed by atoms with van der Waals surface area (Å²) >= 11 is 0. The molecule has 4 nitrogen and oxygen atoms in total. The Bertz CT molecular complexity index is 441. The maximum atomic E-state index is 10.3. The van der Waals surface area contributed by atoms with Crippen molar-refractivity contribution in [3.63, 3.8) is 0 Å². The summed E-state index contributed by atoms with van der Waals surface area (Å²) < 4.78 is 5.29. The molecular formula is C15H21NO3. The number of ether oxygens (including phenoxy) is 1. The third-order valence-electron chi connectivity index (χ3n) is 2.84. The molecule has 0 bridgehead atoms. The summed E-state index contributed by atoms with van der Waals surface area (Å²) in [6.45, 7) is 3.50. The Kier molecular flexibility index (Phi) is 6.68. The third kappa shape index (κ3) is 5.57. The van der Waals surface area contributed by atoms with Gasteiger partial charge in [0, 0.05) is 12.6 Å². The Morgan fingerprint density at radius 3 is 2.89 bits per heavy atom. The number of aliphatic carboxylic acids is 1. The molecule has 0 spiro atoms. The predicted octanol–water partition coefficient (Wildman–Crippen LogP) is 2.03. The Morgan fingerprint density at radius 1 is 1.47 bits per heavy atom. The standard InChI is InChI=1S/C15H21NO3/c1-3-13-11-12(6-7-14(13)19-2)8-10-16-9-4-5-15(17)18/h4-7,11,16H,3,8-10H2,1-2H3,(H,17,18)/b5-4+. The van der Waals surface area contributed by atoms with E-state index in [0.29, 0.717) is 6.54 Å². The number of hydrogen-bond acceptors (Lipinski definition) is 3. The van der Waals surface area contributed by atoms with Crippen LogP contribution < -0.4 is 10.1 Å². The summed E-state index contributed by atoms with van der Waals surface area (Å²) in [6.07, 6.45) is 4.62. The monoisotopic (exact) mass is 263 g/mol. The Hall–Kier alpha value is -1.81. The molecule has 0 radical (unpaired) electrons. The second kappa shape index (κ2) is 8.32. The van der Waals surface area contributed by atoms with Gasteiger partial charge < -0.3 is 15.2 Å². The van der Waals surface area contributed by atoms with Gasteiger partial charge in [0.15, 0.2) is 0 Å². The van der Waals surface area contributed by atoms with Crippen LogP contribution in [0.25, 0.3) is 0 Å². The lowest BCUT2D eigenvalue weighted by atomic mass is 10.1. The minimum atomic E-state index is -0.912. The van der Waals surface area contributed by atoms with E-state index in [1.165, 1.54) is 11.1 Å². The number of aryl methyl sites for hydroxylation is 1. The molecule has 0 amide bonds. The first-order valence-electron chi connectivity index (χ1n) is 6.43. The fraction of sp³-hybridized carbons (Fsp3) is 0.400. The smallest absolute Gasteiger partial charge is 0.328 e. The molecule has 1 rings (SSSR count). The molecule has 0 saturated carbocycles. The van der Waals surface area contributed by atoms with Crippen molar-refractivity contribution >= 4 is 5.97 Å². The Labute approximate surface area is 114 Å². The van der Waals surface area contributed by atoms with Gasteiger partial charge in [0.1, 0.15) is 5.75 Å². The SMILES string of the molecule is CCc1cc(CCNC/C=C/C(=O)O)ccc1OC. The lowest BCUT2D eigenvalue weighted by Crippen LogP contribution is -2.17. The van der Waals surface area contributed by atoms with Gasteiger partial charge in [0.05, 0.1) is 7.11 Å². The van der Waals surface area contributed by atoms with Gasteiger partial charge in [-0.15, -0.1) is 0 Å². The topological polar surface area (TPSA) is 58.6 Å². The lowest BCUT2D eigenvalue weighted by molar-refractivity contribution is -0.131. The van der Waals surface area contributed by atoms with Gasteiger partial charge in [-0.1, -0.05) is 25.1 Å². The van der Waals surface area contributed by atoms with Crippen molar-refractivity contribution in [3.05, 3.63) is 41.5 Å². The largest absolute Gasteiger partial charge is 0.496 e. The summed E-state index contributed by atoms with van der Waals surface area (Å²) in [4.78, 5) is 10.3. The molecule has 0 unspecified atom stereocenters. The van der Waals surface area contributed by atoms with Crippen molar-refractivity contribution in [1.29, 1.82) is 0 Å². The molecule has 2 N–H and O–H groups in total. The molecule has 0 aromatic heterocycles. The molecule has 0 fully saturated rings. The molecule has 0 atom stereocenters. The van der Waals surface area contributed by atoms with Crippen molar-refractivity contribution in [2.75, 3.05) is 20.2 Å². The van der Waals surface area contributed by atoms with Crippen LogP contribution in [0.1, 0.15) is 18.1 Å². The minimum Gasteiger partial charge on any atom is -0.496 e. The minimum absolute atomic E-state index is 0.573. The van der Waals surface area contributed by atoms with Crippen LogP contribution in [-0.4, -0.2) is 31.3 Å². The molecule has 104 valence electrons. The highest BCUT2D eigenvalue weighted by Crippen LogP contribution is 2.20. The second-order valence-electron chi connectivity index (χ2n) is 4.19. The van der Waals surface area contributed by atoms with E-state index in [-0.39, 0.29) is 0 Å². The van der Waals surface area contributed by atoms with Gasteiger partial charge in [0.25, 0.3) is 0 Å². The molecule has 0 aliphatic rings. The van der Waals surface area contributed by atoms with Gasteiger partial charge >= 0.3 is 5.97 Å². The van der Waals surface area contributed by atoms with E-state index in [0.717, 1.165) is 31.2 Å². The summed E-state index contributed by atoms with van der Waals surface area (Å²) in [5.41, 5.74) is 2.47. The van der Waals surface area contributed by atoms with Crippen LogP contribution in [0.5, 0.6) is 5.75 Å². The predicted molar refractivity (Wildman–Crippen MR) is 75.7 cm³/mol. The average Bonchev–Trinajstić information content (AvgIpc) is 2.42. The zero-order valence-corrected chi connectivity index (χ0v) is 11.5. The summed E-state index contributed by atoms with van der Waals surface area (Å²) in [6, 6.07) is 6.22. The van der Waals surface area contributed by atoms with E-state index in [2.05, 4.69) is 24.4 Å². The molecule has 4 heteroatoms. The van der Waals surface area contributed by atoms with Crippen LogP contribution in [-0.2, 0) is 17.6 Å². The molecule has 1 aromatic carbocycles. The highest BCUT2D eigenvalue weighted by molar-refractivity contribution is 5.79. The molecular weight excluding hydrogens is 242 g/mol. The zero-order valence-electron chi connectivity index (χ0n) is 11.5. The number of carbonyl (C=O) groups is 1. The number of methoxy groups -OCH3 is 1. The Balaban J connectivity index is 2.39. The van der Waals surface area contributed by atoms with Gasteiger partial charge in [-0.2, -0.15) is 0 Å². The first kappa shape index (κ1) is 15.2. The normalized spacial score (nSPS) is 10.8. The number of carboxylic acids is 1. The third-order valence-corrected chi connectivity index (χ3v) is 2.84. The molecule has 0 heterocycles. The highest BCUT2D eigenvalue weighted by Gasteiger charge is 2.02. The van der Waals surface area contributed by atoms with Crippen LogP contribution in [0.15, 0.2) is 30.4 Å². The maximum absolute atomic E-state index is 10.3. The molecule has 0 saturated heterocycles. The van der Waals surface area contributed by atoms with Gasteiger partial charge in [-0.3, -0.25) is 0 Å². The number of benzene rings is 1. The van der Waals surface area contributed by atoms with Crippen molar-refractivity contribution in [1.82, 2.24) is 5.32 Å². The first-order chi connectivity index (χ1) is 9.17. The second-order valence-corrected chi connectivity index (χ2v) is 4.19. The molecule has 19 heavy (non-hydrogen) atoms. The number of carboxylic acid groups (broad SMARTS) is 1. The maximum Gasteiger partial charge on any atom is 0.328 e. The van der Waals surface area contributed by atoms with Gasteiger partial charge in [0.2, 0.25) is 0 Å². The number of rotatable bonds is 8. The first-order valence-corrected chi connectivity index (χ1v) is 6.43. The van der Waals surface area contributed by atoms with E-state index < -0.39 is 5.97 Å². The highest BCUT2D eigenvalue weighted by atomic mass is 16.5.